The number of carbonyl (C=O) groups excluding carboxylic acids is 1. The summed E-state index contributed by atoms with van der Waals surface area (Å²) >= 11 is 1.19. The van der Waals surface area contributed by atoms with E-state index >= 15 is 0 Å². The molecule has 0 aromatic carbocycles. The zero-order valence-electron chi connectivity index (χ0n) is 4.22. The molecule has 2 nitrogen and oxygen atoms in total. The first-order chi connectivity index (χ1) is 3.41. The summed E-state index contributed by atoms with van der Waals surface area (Å²) in [5, 5.41) is 0. The molecule has 0 amide bonds. The second-order valence-corrected chi connectivity index (χ2v) is 1.85. The Morgan fingerprint density at radius 2 is 2.57 bits per heavy atom. The van der Waals surface area contributed by atoms with Gasteiger partial charge in [-0.25, -0.2) is 0 Å². The Morgan fingerprint density at radius 1 is 1.86 bits per heavy atom. The van der Waals surface area contributed by atoms with E-state index in [0.29, 0.717) is 6.47 Å². The molecule has 0 bridgehead atoms. The summed E-state index contributed by atoms with van der Waals surface area (Å²) in [5.74, 6) is 0.888. The van der Waals surface area contributed by atoms with Gasteiger partial charge >= 0.3 is 6.47 Å². The molecule has 0 atom stereocenters. The summed E-state index contributed by atoms with van der Waals surface area (Å²) in [6.07, 6.45) is 1.04. The van der Waals surface area contributed by atoms with Crippen molar-refractivity contribution in [1.29, 1.82) is 0 Å². The van der Waals surface area contributed by atoms with Crippen LogP contribution in [0.5, 0.6) is 0 Å². The fourth-order valence-corrected chi connectivity index (χ4v) is 0.478. The maximum atomic E-state index is 9.44. The Bertz CT molecular complexity index is 47.0. The smallest absolute Gasteiger partial charge is 0.305 e. The third-order valence-corrected chi connectivity index (χ3v) is 1.18. The van der Waals surface area contributed by atoms with Crippen molar-refractivity contribution in [1.82, 2.24) is 0 Å². The van der Waals surface area contributed by atoms with Crippen molar-refractivity contribution in [3.8, 4) is 0 Å². The third kappa shape index (κ3) is 5.82. The van der Waals surface area contributed by atoms with Crippen LogP contribution in [0, 0.1) is 0 Å². The van der Waals surface area contributed by atoms with Crippen LogP contribution in [0.25, 0.3) is 0 Å². The molecule has 0 saturated heterocycles. The van der Waals surface area contributed by atoms with Crippen LogP contribution >= 0.6 is 12.0 Å². The van der Waals surface area contributed by atoms with Crippen molar-refractivity contribution in [2.75, 3.05) is 5.75 Å². The van der Waals surface area contributed by atoms with Crippen molar-refractivity contribution in [2.45, 2.75) is 13.3 Å². The zero-order chi connectivity index (χ0) is 5.54. The van der Waals surface area contributed by atoms with Crippen molar-refractivity contribution >= 4 is 18.5 Å². The number of hydrogen-bond donors (Lipinski definition) is 0. The lowest BCUT2D eigenvalue weighted by Gasteiger charge is -1.88. The van der Waals surface area contributed by atoms with Gasteiger partial charge in [-0.3, -0.25) is 4.79 Å². The van der Waals surface area contributed by atoms with Gasteiger partial charge in [-0.15, -0.1) is 0 Å². The molecule has 0 aromatic heterocycles. The fourth-order valence-electron chi connectivity index (χ4n) is 0.159. The van der Waals surface area contributed by atoms with Crippen LogP contribution < -0.4 is 0 Å². The molecule has 0 aliphatic rings. The maximum Gasteiger partial charge on any atom is 0.305 e. The fraction of sp³-hybridized carbons (Fsp3) is 0.750. The normalized spacial score (nSPS) is 8.14. The van der Waals surface area contributed by atoms with Gasteiger partial charge in [0.05, 0.1) is 12.0 Å². The monoisotopic (exact) mass is 120 g/mol. The highest BCUT2D eigenvalue weighted by Crippen LogP contribution is 1.99. The minimum absolute atomic E-state index is 0.445. The molecule has 0 rings (SSSR count). The molecule has 0 aliphatic heterocycles. The first kappa shape index (κ1) is 6.82. The quantitative estimate of drug-likeness (QED) is 0.317. The lowest BCUT2D eigenvalue weighted by atomic mass is 10.6. The minimum atomic E-state index is 0.445. The minimum Gasteiger partial charge on any atom is -0.394 e. The first-order valence-corrected chi connectivity index (χ1v) is 3.04. The Balaban J connectivity index is 2.56. The molecule has 42 valence electrons. The lowest BCUT2D eigenvalue weighted by Crippen LogP contribution is -1.76. The molecule has 0 heterocycles. The van der Waals surface area contributed by atoms with E-state index in [1.54, 1.807) is 0 Å². The van der Waals surface area contributed by atoms with E-state index in [1.165, 1.54) is 12.0 Å². The largest absolute Gasteiger partial charge is 0.394 e. The summed E-state index contributed by atoms with van der Waals surface area (Å²) in [6, 6.07) is 0. The average Bonchev–Trinajstić information content (AvgIpc) is 1.69. The molecule has 7 heavy (non-hydrogen) atoms. The van der Waals surface area contributed by atoms with Gasteiger partial charge in [-0.05, 0) is 6.42 Å². The van der Waals surface area contributed by atoms with Gasteiger partial charge in [-0.2, -0.15) is 0 Å². The SMILES string of the molecule is CCCSOC=O. The predicted molar refractivity (Wildman–Crippen MR) is 29.9 cm³/mol. The van der Waals surface area contributed by atoms with Crippen molar-refractivity contribution in [3.05, 3.63) is 0 Å². The molecule has 3 heteroatoms. The van der Waals surface area contributed by atoms with Crippen molar-refractivity contribution < 1.29 is 8.98 Å². The van der Waals surface area contributed by atoms with E-state index in [2.05, 4.69) is 4.18 Å². The van der Waals surface area contributed by atoms with E-state index in [4.69, 9.17) is 0 Å². The van der Waals surface area contributed by atoms with Gasteiger partial charge in [0.2, 0.25) is 0 Å². The topological polar surface area (TPSA) is 26.3 Å². The first-order valence-electron chi connectivity index (χ1n) is 2.13. The average molecular weight is 120 g/mol. The Kier molecular flexibility index (Phi) is 5.67. The Labute approximate surface area is 47.4 Å². The molecular formula is C4H8O2S. The van der Waals surface area contributed by atoms with Gasteiger partial charge in [0.1, 0.15) is 0 Å². The van der Waals surface area contributed by atoms with E-state index in [1.807, 2.05) is 6.92 Å². The number of carbonyl (C=O) groups is 1. The highest BCUT2D eigenvalue weighted by molar-refractivity contribution is 7.94. The van der Waals surface area contributed by atoms with Gasteiger partial charge in [-0.1, -0.05) is 6.92 Å². The van der Waals surface area contributed by atoms with E-state index in [-0.39, 0.29) is 0 Å². The second kappa shape index (κ2) is 5.82. The standard InChI is InChI=1S/C4H8O2S/c1-2-3-7-6-4-5/h4H,2-3H2,1H3. The lowest BCUT2D eigenvalue weighted by molar-refractivity contribution is -0.119. The maximum absolute atomic E-state index is 9.44. The number of hydrogen-bond acceptors (Lipinski definition) is 3. The molecule has 0 radical (unpaired) electrons. The summed E-state index contributed by atoms with van der Waals surface area (Å²) in [4.78, 5) is 9.44. The van der Waals surface area contributed by atoms with Crippen LogP contribution in [0.4, 0.5) is 0 Å². The second-order valence-electron chi connectivity index (χ2n) is 1.01. The molecule has 0 spiro atoms. The van der Waals surface area contributed by atoms with Gasteiger partial charge in [0, 0.05) is 5.75 Å². The van der Waals surface area contributed by atoms with E-state index < -0.39 is 0 Å². The van der Waals surface area contributed by atoms with E-state index in [9.17, 15) is 4.79 Å². The Morgan fingerprint density at radius 3 is 3.00 bits per heavy atom. The molecule has 0 aliphatic carbocycles. The van der Waals surface area contributed by atoms with Gasteiger partial charge < -0.3 is 4.18 Å². The highest BCUT2D eigenvalue weighted by atomic mass is 32.2. The number of rotatable bonds is 4. The summed E-state index contributed by atoms with van der Waals surface area (Å²) in [5.41, 5.74) is 0. The zero-order valence-corrected chi connectivity index (χ0v) is 5.03. The van der Waals surface area contributed by atoms with Crippen LogP contribution in [0.15, 0.2) is 0 Å². The van der Waals surface area contributed by atoms with Crippen LogP contribution in [0.2, 0.25) is 0 Å². The molecule has 0 aromatic rings. The summed E-state index contributed by atoms with van der Waals surface area (Å²) < 4.78 is 4.31. The summed E-state index contributed by atoms with van der Waals surface area (Å²) in [7, 11) is 0. The molecular weight excluding hydrogens is 112 g/mol. The Hall–Kier alpha value is -0.180. The van der Waals surface area contributed by atoms with Crippen LogP contribution in [-0.4, -0.2) is 12.2 Å². The summed E-state index contributed by atoms with van der Waals surface area (Å²) in [6.45, 7) is 2.47. The highest BCUT2D eigenvalue weighted by Gasteiger charge is 1.80. The molecule has 0 saturated carbocycles. The molecule has 0 N–H and O–H groups in total. The van der Waals surface area contributed by atoms with Crippen molar-refractivity contribution in [3.63, 3.8) is 0 Å². The van der Waals surface area contributed by atoms with Crippen molar-refractivity contribution in [2.24, 2.45) is 0 Å². The van der Waals surface area contributed by atoms with Crippen LogP contribution in [-0.2, 0) is 8.98 Å². The molecule has 0 fully saturated rings. The molecule has 0 unspecified atom stereocenters. The predicted octanol–water partition coefficient (Wildman–Crippen LogP) is 1.22. The van der Waals surface area contributed by atoms with Gasteiger partial charge in [0.15, 0.2) is 0 Å². The van der Waals surface area contributed by atoms with Gasteiger partial charge in [0.25, 0.3) is 0 Å². The van der Waals surface area contributed by atoms with Crippen LogP contribution in [0.3, 0.4) is 0 Å². The third-order valence-electron chi connectivity index (χ3n) is 0.395. The van der Waals surface area contributed by atoms with Crippen LogP contribution in [0.1, 0.15) is 13.3 Å². The van der Waals surface area contributed by atoms with E-state index in [0.717, 1.165) is 12.2 Å².